The molecule has 0 amide bonds. The van der Waals surface area contributed by atoms with Gasteiger partial charge in [0.2, 0.25) is 0 Å². The monoisotopic (exact) mass is 242 g/mol. The summed E-state index contributed by atoms with van der Waals surface area (Å²) in [6.45, 7) is 13.0. The van der Waals surface area contributed by atoms with Crippen LogP contribution >= 0.6 is 0 Å². The van der Waals surface area contributed by atoms with Gasteiger partial charge in [-0.1, -0.05) is 20.8 Å². The van der Waals surface area contributed by atoms with Crippen molar-refractivity contribution in [3.8, 4) is 0 Å². The van der Waals surface area contributed by atoms with Gasteiger partial charge >= 0.3 is 0 Å². The highest BCUT2D eigenvalue weighted by Gasteiger charge is 2.29. The van der Waals surface area contributed by atoms with E-state index in [-0.39, 0.29) is 0 Å². The summed E-state index contributed by atoms with van der Waals surface area (Å²) in [7, 11) is 0. The molecular weight excluding hydrogens is 212 g/mol. The van der Waals surface area contributed by atoms with Crippen molar-refractivity contribution in [1.82, 2.24) is 4.90 Å². The van der Waals surface area contributed by atoms with Crippen LogP contribution in [0.3, 0.4) is 0 Å². The highest BCUT2D eigenvalue weighted by molar-refractivity contribution is 4.86. The summed E-state index contributed by atoms with van der Waals surface area (Å²) in [5.74, 6) is 1.25. The first kappa shape index (κ1) is 14.9. The SMILES string of the molecule is CC(C)COCCCN1CCC(N)C(C)C1C. The highest BCUT2D eigenvalue weighted by Crippen LogP contribution is 2.22. The lowest BCUT2D eigenvalue weighted by Gasteiger charge is -2.41. The maximum absolute atomic E-state index is 6.09. The first-order valence-corrected chi connectivity index (χ1v) is 7.09. The van der Waals surface area contributed by atoms with Crippen LogP contribution in [0.1, 0.15) is 40.5 Å². The van der Waals surface area contributed by atoms with Crippen molar-refractivity contribution in [3.05, 3.63) is 0 Å². The molecule has 0 spiro atoms. The van der Waals surface area contributed by atoms with E-state index < -0.39 is 0 Å². The van der Waals surface area contributed by atoms with Crippen LogP contribution in [0, 0.1) is 11.8 Å². The van der Waals surface area contributed by atoms with E-state index >= 15 is 0 Å². The van der Waals surface area contributed by atoms with Crippen molar-refractivity contribution in [2.75, 3.05) is 26.3 Å². The second-order valence-electron chi connectivity index (χ2n) is 5.91. The molecule has 0 aromatic heterocycles. The molecule has 3 nitrogen and oxygen atoms in total. The first-order valence-electron chi connectivity index (χ1n) is 7.09. The lowest BCUT2D eigenvalue weighted by Crippen LogP contribution is -2.51. The van der Waals surface area contributed by atoms with Crippen molar-refractivity contribution >= 4 is 0 Å². The zero-order chi connectivity index (χ0) is 12.8. The van der Waals surface area contributed by atoms with E-state index in [1.807, 2.05) is 0 Å². The minimum absolute atomic E-state index is 0.387. The summed E-state index contributed by atoms with van der Waals surface area (Å²) in [6.07, 6.45) is 2.28. The van der Waals surface area contributed by atoms with Crippen LogP contribution in [0.2, 0.25) is 0 Å². The molecule has 102 valence electrons. The Hall–Kier alpha value is -0.120. The molecule has 0 saturated carbocycles. The molecular formula is C14H30N2O. The third-order valence-corrected chi connectivity index (χ3v) is 3.95. The number of hydrogen-bond donors (Lipinski definition) is 1. The molecule has 1 saturated heterocycles. The van der Waals surface area contributed by atoms with E-state index in [0.717, 1.165) is 39.1 Å². The molecule has 0 aromatic rings. The number of nitrogens with zero attached hydrogens (tertiary/aromatic N) is 1. The van der Waals surface area contributed by atoms with Crippen molar-refractivity contribution < 1.29 is 4.74 Å². The van der Waals surface area contributed by atoms with Crippen LogP contribution in [-0.4, -0.2) is 43.3 Å². The number of ether oxygens (including phenoxy) is 1. The Kier molecular flexibility index (Phi) is 6.45. The molecule has 0 aliphatic carbocycles. The van der Waals surface area contributed by atoms with Crippen molar-refractivity contribution in [1.29, 1.82) is 0 Å². The van der Waals surface area contributed by atoms with E-state index in [2.05, 4.69) is 32.6 Å². The van der Waals surface area contributed by atoms with E-state index in [1.54, 1.807) is 0 Å². The van der Waals surface area contributed by atoms with Gasteiger partial charge in [0.1, 0.15) is 0 Å². The van der Waals surface area contributed by atoms with Crippen LogP contribution < -0.4 is 5.73 Å². The molecule has 17 heavy (non-hydrogen) atoms. The lowest BCUT2D eigenvalue weighted by atomic mass is 9.87. The molecule has 0 aromatic carbocycles. The standard InChI is InChI=1S/C14H30N2O/c1-11(2)10-17-9-5-7-16-8-6-14(15)12(3)13(16)4/h11-14H,5-10,15H2,1-4H3. The largest absolute Gasteiger partial charge is 0.381 e. The van der Waals surface area contributed by atoms with Gasteiger partial charge in [0.15, 0.2) is 0 Å². The molecule has 3 unspecified atom stereocenters. The van der Waals surface area contributed by atoms with Gasteiger partial charge in [0.05, 0.1) is 0 Å². The predicted octanol–water partition coefficient (Wildman–Crippen LogP) is 2.11. The number of rotatable bonds is 6. The minimum atomic E-state index is 0.387. The van der Waals surface area contributed by atoms with E-state index in [4.69, 9.17) is 10.5 Å². The number of piperidine rings is 1. The van der Waals surface area contributed by atoms with Crippen LogP contribution in [-0.2, 0) is 4.74 Å². The van der Waals surface area contributed by atoms with Gasteiger partial charge in [-0.2, -0.15) is 0 Å². The molecule has 1 heterocycles. The molecule has 2 N–H and O–H groups in total. The Bertz CT molecular complexity index is 208. The maximum Gasteiger partial charge on any atom is 0.0489 e. The van der Waals surface area contributed by atoms with Gasteiger partial charge in [-0.15, -0.1) is 0 Å². The molecule has 0 radical (unpaired) electrons. The van der Waals surface area contributed by atoms with Gasteiger partial charge in [-0.25, -0.2) is 0 Å². The van der Waals surface area contributed by atoms with Gasteiger partial charge in [0, 0.05) is 31.8 Å². The maximum atomic E-state index is 6.09. The third-order valence-electron chi connectivity index (χ3n) is 3.95. The quantitative estimate of drug-likeness (QED) is 0.725. The van der Waals surface area contributed by atoms with Gasteiger partial charge < -0.3 is 15.4 Å². The fraction of sp³-hybridized carbons (Fsp3) is 1.00. The lowest BCUT2D eigenvalue weighted by molar-refractivity contribution is 0.0683. The topological polar surface area (TPSA) is 38.5 Å². The summed E-state index contributed by atoms with van der Waals surface area (Å²) in [5.41, 5.74) is 6.09. The number of hydrogen-bond acceptors (Lipinski definition) is 3. The van der Waals surface area contributed by atoms with E-state index in [0.29, 0.717) is 23.9 Å². The summed E-state index contributed by atoms with van der Waals surface area (Å²) in [6, 6.07) is 1.00. The summed E-state index contributed by atoms with van der Waals surface area (Å²) in [4.78, 5) is 2.56. The normalized spacial score (nSPS) is 31.1. The Balaban J connectivity index is 2.14. The Morgan fingerprint density at radius 2 is 2.06 bits per heavy atom. The van der Waals surface area contributed by atoms with Crippen LogP contribution in [0.5, 0.6) is 0 Å². The molecule has 3 atom stereocenters. The average molecular weight is 242 g/mol. The molecule has 1 aliphatic heterocycles. The average Bonchev–Trinajstić information content (AvgIpc) is 2.28. The van der Waals surface area contributed by atoms with Gasteiger partial charge in [-0.3, -0.25) is 0 Å². The second-order valence-corrected chi connectivity index (χ2v) is 5.91. The zero-order valence-electron chi connectivity index (χ0n) is 12.0. The summed E-state index contributed by atoms with van der Waals surface area (Å²) < 4.78 is 5.62. The highest BCUT2D eigenvalue weighted by atomic mass is 16.5. The minimum Gasteiger partial charge on any atom is -0.381 e. The predicted molar refractivity (Wildman–Crippen MR) is 73.1 cm³/mol. The third kappa shape index (κ3) is 4.94. The Morgan fingerprint density at radius 1 is 1.35 bits per heavy atom. The van der Waals surface area contributed by atoms with Gasteiger partial charge in [0.25, 0.3) is 0 Å². The van der Waals surface area contributed by atoms with E-state index in [9.17, 15) is 0 Å². The second kappa shape index (κ2) is 7.34. The zero-order valence-corrected chi connectivity index (χ0v) is 12.0. The van der Waals surface area contributed by atoms with Crippen molar-refractivity contribution in [2.45, 2.75) is 52.6 Å². The van der Waals surface area contributed by atoms with Crippen LogP contribution in [0.25, 0.3) is 0 Å². The summed E-state index contributed by atoms with van der Waals surface area (Å²) in [5, 5.41) is 0. The first-order chi connectivity index (χ1) is 8.02. The molecule has 1 fully saturated rings. The van der Waals surface area contributed by atoms with Crippen LogP contribution in [0.4, 0.5) is 0 Å². The van der Waals surface area contributed by atoms with Crippen LogP contribution in [0.15, 0.2) is 0 Å². The number of likely N-dealkylation sites (tertiary alicyclic amines) is 1. The molecule has 1 rings (SSSR count). The van der Waals surface area contributed by atoms with Crippen molar-refractivity contribution in [3.63, 3.8) is 0 Å². The number of nitrogens with two attached hydrogens (primary N) is 1. The summed E-state index contributed by atoms with van der Waals surface area (Å²) >= 11 is 0. The van der Waals surface area contributed by atoms with Crippen molar-refractivity contribution in [2.24, 2.45) is 17.6 Å². The Labute approximate surface area is 107 Å². The fourth-order valence-electron chi connectivity index (χ4n) is 2.48. The van der Waals surface area contributed by atoms with E-state index in [1.165, 1.54) is 0 Å². The van der Waals surface area contributed by atoms with Gasteiger partial charge in [-0.05, 0) is 38.1 Å². The molecule has 0 bridgehead atoms. The Morgan fingerprint density at radius 3 is 2.71 bits per heavy atom. The molecule has 3 heteroatoms. The fourth-order valence-corrected chi connectivity index (χ4v) is 2.48. The smallest absolute Gasteiger partial charge is 0.0489 e. The molecule has 1 aliphatic rings.